The number of nitrogens with one attached hydrogen (secondary N) is 3. The molecule has 26 heavy (non-hydrogen) atoms. The largest absolute Gasteiger partial charge is 0.357 e. The second-order valence-electron chi connectivity index (χ2n) is 6.53. The van der Waals surface area contributed by atoms with Gasteiger partial charge in [0.1, 0.15) is 6.54 Å². The van der Waals surface area contributed by atoms with Crippen molar-refractivity contribution in [3.8, 4) is 0 Å². The minimum Gasteiger partial charge on any atom is -0.357 e. The lowest BCUT2D eigenvalue weighted by Crippen LogP contribution is -2.46. The Kier molecular flexibility index (Phi) is 6.88. The Hall–Kier alpha value is -2.25. The fourth-order valence-corrected chi connectivity index (χ4v) is 2.91. The van der Waals surface area contributed by atoms with E-state index in [0.29, 0.717) is 12.5 Å². The third-order valence-corrected chi connectivity index (χ3v) is 4.83. The molecule has 144 valence electrons. The summed E-state index contributed by atoms with van der Waals surface area (Å²) >= 11 is 0. The van der Waals surface area contributed by atoms with E-state index in [1.165, 1.54) is 19.3 Å². The summed E-state index contributed by atoms with van der Waals surface area (Å²) in [6.07, 6.45) is 4.65. The summed E-state index contributed by atoms with van der Waals surface area (Å²) in [4.78, 5) is 16.1. The number of hydrogen-bond acceptors (Lipinski definition) is 2. The van der Waals surface area contributed by atoms with Crippen LogP contribution in [0.1, 0.15) is 39.5 Å². The zero-order chi connectivity index (χ0) is 19.2. The SMILES string of the molecule is CCNC(=NCC(=O)Nc1ccc(F)c(F)c1F)NCC1(CC)CCC1. The van der Waals surface area contributed by atoms with E-state index in [4.69, 9.17) is 0 Å². The van der Waals surface area contributed by atoms with Crippen molar-refractivity contribution in [1.29, 1.82) is 0 Å². The molecule has 1 aromatic rings. The van der Waals surface area contributed by atoms with E-state index in [1.807, 2.05) is 6.92 Å². The van der Waals surface area contributed by atoms with Crippen LogP contribution in [0.5, 0.6) is 0 Å². The van der Waals surface area contributed by atoms with E-state index >= 15 is 0 Å². The number of nitrogens with zero attached hydrogens (tertiary/aromatic N) is 1. The van der Waals surface area contributed by atoms with Crippen molar-refractivity contribution in [2.45, 2.75) is 39.5 Å². The van der Waals surface area contributed by atoms with E-state index in [-0.39, 0.29) is 12.0 Å². The molecule has 0 saturated heterocycles. The first-order valence-corrected chi connectivity index (χ1v) is 8.86. The van der Waals surface area contributed by atoms with Gasteiger partial charge in [-0.3, -0.25) is 4.79 Å². The molecule has 1 aliphatic carbocycles. The lowest BCUT2D eigenvalue weighted by atomic mass is 9.67. The number of carbonyl (C=O) groups is 1. The molecule has 0 spiro atoms. The highest BCUT2D eigenvalue weighted by Gasteiger charge is 2.34. The Labute approximate surface area is 151 Å². The number of anilines is 1. The van der Waals surface area contributed by atoms with Gasteiger partial charge in [0, 0.05) is 13.1 Å². The lowest BCUT2D eigenvalue weighted by molar-refractivity contribution is -0.114. The molecule has 0 atom stereocenters. The Balaban J connectivity index is 1.93. The summed E-state index contributed by atoms with van der Waals surface area (Å²) in [7, 11) is 0. The molecule has 0 unspecified atom stereocenters. The smallest absolute Gasteiger partial charge is 0.246 e. The zero-order valence-corrected chi connectivity index (χ0v) is 15.1. The summed E-state index contributed by atoms with van der Waals surface area (Å²) in [5, 5.41) is 8.49. The number of guanidine groups is 1. The monoisotopic (exact) mass is 370 g/mol. The molecule has 0 bridgehead atoms. The Morgan fingerprint density at radius 2 is 1.88 bits per heavy atom. The van der Waals surface area contributed by atoms with Crippen molar-refractivity contribution in [2.24, 2.45) is 10.4 Å². The fraction of sp³-hybridized carbons (Fsp3) is 0.556. The van der Waals surface area contributed by atoms with Crippen LogP contribution in [-0.2, 0) is 4.79 Å². The Bertz CT molecular complexity index is 669. The first kappa shape index (κ1) is 20.1. The van der Waals surface area contributed by atoms with Crippen LogP contribution in [0.3, 0.4) is 0 Å². The topological polar surface area (TPSA) is 65.5 Å². The van der Waals surface area contributed by atoms with Crippen LogP contribution in [0.25, 0.3) is 0 Å². The van der Waals surface area contributed by atoms with Crippen LogP contribution < -0.4 is 16.0 Å². The van der Waals surface area contributed by atoms with Gasteiger partial charge in [-0.1, -0.05) is 13.3 Å². The molecule has 1 aromatic carbocycles. The van der Waals surface area contributed by atoms with E-state index < -0.39 is 29.0 Å². The fourth-order valence-electron chi connectivity index (χ4n) is 2.91. The van der Waals surface area contributed by atoms with Gasteiger partial charge in [-0.2, -0.15) is 0 Å². The highest BCUT2D eigenvalue weighted by Crippen LogP contribution is 2.42. The molecule has 1 amide bonds. The van der Waals surface area contributed by atoms with Crippen molar-refractivity contribution in [1.82, 2.24) is 10.6 Å². The van der Waals surface area contributed by atoms with Crippen molar-refractivity contribution in [2.75, 3.05) is 25.0 Å². The minimum atomic E-state index is -1.62. The van der Waals surface area contributed by atoms with E-state index in [1.54, 1.807) is 0 Å². The maximum Gasteiger partial charge on any atom is 0.246 e. The minimum absolute atomic E-state index is 0.271. The predicted octanol–water partition coefficient (Wildman–Crippen LogP) is 3.18. The van der Waals surface area contributed by atoms with Gasteiger partial charge in [0.2, 0.25) is 5.91 Å². The van der Waals surface area contributed by atoms with Crippen molar-refractivity contribution in [3.05, 3.63) is 29.6 Å². The number of hydrogen-bond donors (Lipinski definition) is 3. The summed E-state index contributed by atoms with van der Waals surface area (Å²) in [6.45, 7) is 5.20. The first-order valence-electron chi connectivity index (χ1n) is 8.86. The zero-order valence-electron chi connectivity index (χ0n) is 15.1. The van der Waals surface area contributed by atoms with Gasteiger partial charge in [-0.25, -0.2) is 18.2 Å². The highest BCUT2D eigenvalue weighted by atomic mass is 19.2. The van der Waals surface area contributed by atoms with Crippen LogP contribution in [0.15, 0.2) is 17.1 Å². The average Bonchev–Trinajstić information content (AvgIpc) is 2.59. The molecule has 5 nitrogen and oxygen atoms in total. The molecule has 8 heteroatoms. The quantitative estimate of drug-likeness (QED) is 0.392. The van der Waals surface area contributed by atoms with E-state index in [2.05, 4.69) is 27.9 Å². The Morgan fingerprint density at radius 1 is 1.15 bits per heavy atom. The van der Waals surface area contributed by atoms with Gasteiger partial charge < -0.3 is 16.0 Å². The third kappa shape index (κ3) is 4.89. The first-order chi connectivity index (χ1) is 12.4. The molecular formula is C18H25F3N4O. The van der Waals surface area contributed by atoms with Gasteiger partial charge in [-0.15, -0.1) is 0 Å². The van der Waals surface area contributed by atoms with Gasteiger partial charge in [0.15, 0.2) is 23.4 Å². The van der Waals surface area contributed by atoms with Crippen LogP contribution in [-0.4, -0.2) is 31.5 Å². The molecule has 2 rings (SSSR count). The molecule has 0 heterocycles. The van der Waals surface area contributed by atoms with Crippen molar-refractivity contribution < 1.29 is 18.0 Å². The van der Waals surface area contributed by atoms with Crippen molar-refractivity contribution in [3.63, 3.8) is 0 Å². The molecule has 0 aromatic heterocycles. The number of carbonyl (C=O) groups excluding carboxylic acids is 1. The number of aliphatic imine (C=N–C) groups is 1. The predicted molar refractivity (Wildman–Crippen MR) is 95.5 cm³/mol. The maximum absolute atomic E-state index is 13.6. The van der Waals surface area contributed by atoms with Gasteiger partial charge in [0.05, 0.1) is 5.69 Å². The average molecular weight is 370 g/mol. The van der Waals surface area contributed by atoms with Crippen molar-refractivity contribution >= 4 is 17.6 Å². The number of halogens is 3. The second kappa shape index (κ2) is 8.91. The number of rotatable bonds is 7. The molecule has 1 aliphatic rings. The van der Waals surface area contributed by atoms with Crippen LogP contribution in [0.4, 0.5) is 18.9 Å². The molecule has 3 N–H and O–H groups in total. The maximum atomic E-state index is 13.6. The summed E-state index contributed by atoms with van der Waals surface area (Å²) in [5.74, 6) is -4.49. The van der Waals surface area contributed by atoms with Crippen LogP contribution >= 0.6 is 0 Å². The summed E-state index contributed by atoms with van der Waals surface area (Å²) in [6, 6.07) is 1.73. The van der Waals surface area contributed by atoms with Gasteiger partial charge >= 0.3 is 0 Å². The molecule has 0 radical (unpaired) electrons. The van der Waals surface area contributed by atoms with Crippen LogP contribution in [0, 0.1) is 22.9 Å². The van der Waals surface area contributed by atoms with E-state index in [9.17, 15) is 18.0 Å². The molecular weight excluding hydrogens is 345 g/mol. The number of benzene rings is 1. The lowest BCUT2D eigenvalue weighted by Gasteiger charge is -2.41. The summed E-state index contributed by atoms with van der Waals surface area (Å²) in [5.41, 5.74) is -0.130. The van der Waals surface area contributed by atoms with Gasteiger partial charge in [0.25, 0.3) is 0 Å². The van der Waals surface area contributed by atoms with E-state index in [0.717, 1.165) is 25.1 Å². The number of amides is 1. The molecule has 1 fully saturated rings. The Morgan fingerprint density at radius 3 is 2.46 bits per heavy atom. The second-order valence-corrected chi connectivity index (χ2v) is 6.53. The highest BCUT2D eigenvalue weighted by molar-refractivity contribution is 5.94. The van der Waals surface area contributed by atoms with Gasteiger partial charge in [-0.05, 0) is 43.7 Å². The third-order valence-electron chi connectivity index (χ3n) is 4.83. The molecule has 0 aliphatic heterocycles. The van der Waals surface area contributed by atoms with Crippen LogP contribution in [0.2, 0.25) is 0 Å². The molecule has 1 saturated carbocycles. The normalized spacial score (nSPS) is 16.0. The standard InChI is InChI=1S/C18H25F3N4O/c1-3-18(8-5-9-18)11-24-17(22-4-2)23-10-14(26)25-13-7-6-12(19)15(20)16(13)21/h6-7H,3-5,8-11H2,1-2H3,(H,25,26)(H2,22,23,24). The summed E-state index contributed by atoms with van der Waals surface area (Å²) < 4.78 is 39.7.